The second kappa shape index (κ2) is 11.2. The maximum absolute atomic E-state index is 12.7. The average molecular weight is 522 g/mol. The zero-order chi connectivity index (χ0) is 25.0. The second-order valence-corrected chi connectivity index (χ2v) is 10.7. The van der Waals surface area contributed by atoms with Crippen LogP contribution in [0.2, 0.25) is 0 Å². The molecule has 0 aliphatic carbocycles. The first-order valence-corrected chi connectivity index (χ1v) is 13.3. The summed E-state index contributed by atoms with van der Waals surface area (Å²) in [7, 11) is 1.24. The number of hydrogen-bond donors (Lipinski definition) is 2. The number of aromatic nitrogens is 3. The number of ether oxygens (including phenoxy) is 1. The van der Waals surface area contributed by atoms with Gasteiger partial charge in [-0.25, -0.2) is 4.79 Å². The molecule has 0 aliphatic rings. The summed E-state index contributed by atoms with van der Waals surface area (Å²) in [5.41, 5.74) is 6.94. The zero-order valence-electron chi connectivity index (χ0n) is 19.6. The fourth-order valence-corrected chi connectivity index (χ4v) is 6.02. The van der Waals surface area contributed by atoms with Crippen LogP contribution in [0.3, 0.4) is 0 Å². The van der Waals surface area contributed by atoms with E-state index in [9.17, 15) is 14.4 Å². The molecule has 0 aromatic carbocycles. The van der Waals surface area contributed by atoms with Crippen LogP contribution in [0.15, 0.2) is 16.6 Å². The molecule has 3 rings (SSSR count). The first-order valence-electron chi connectivity index (χ1n) is 10.6. The summed E-state index contributed by atoms with van der Waals surface area (Å²) in [5.74, 6) is -0.403. The summed E-state index contributed by atoms with van der Waals surface area (Å²) in [6.07, 6.45) is 0.888. The number of nitrogens with two attached hydrogens (primary N) is 1. The maximum atomic E-state index is 12.7. The molecule has 0 fully saturated rings. The number of carbonyl (C=O) groups excluding carboxylic acids is 3. The lowest BCUT2D eigenvalue weighted by Crippen LogP contribution is -2.16. The van der Waals surface area contributed by atoms with E-state index in [0.717, 1.165) is 35.7 Å². The molecule has 12 heteroatoms. The van der Waals surface area contributed by atoms with Gasteiger partial charge in [-0.2, -0.15) is 0 Å². The van der Waals surface area contributed by atoms with E-state index in [1.807, 2.05) is 4.57 Å². The van der Waals surface area contributed by atoms with Gasteiger partial charge in [0, 0.05) is 22.4 Å². The van der Waals surface area contributed by atoms with Crippen LogP contribution in [0.5, 0.6) is 0 Å². The molecule has 3 aromatic rings. The Morgan fingerprint density at radius 1 is 1.29 bits per heavy atom. The lowest BCUT2D eigenvalue weighted by Gasteiger charge is -2.09. The van der Waals surface area contributed by atoms with Gasteiger partial charge in [0.2, 0.25) is 5.91 Å². The monoisotopic (exact) mass is 521 g/mol. The topological polar surface area (TPSA) is 129 Å². The van der Waals surface area contributed by atoms with Crippen molar-refractivity contribution in [2.75, 3.05) is 18.2 Å². The van der Waals surface area contributed by atoms with Gasteiger partial charge in [-0.15, -0.1) is 32.9 Å². The molecular formula is C22H27N5O4S3. The van der Waals surface area contributed by atoms with Gasteiger partial charge in [-0.3, -0.25) is 9.59 Å². The van der Waals surface area contributed by atoms with Crippen molar-refractivity contribution in [2.24, 2.45) is 5.73 Å². The van der Waals surface area contributed by atoms with E-state index in [0.29, 0.717) is 16.6 Å². The first-order chi connectivity index (χ1) is 16.2. The van der Waals surface area contributed by atoms with E-state index in [-0.39, 0.29) is 27.1 Å². The molecular weight excluding hydrogens is 494 g/mol. The highest BCUT2D eigenvalue weighted by molar-refractivity contribution is 7.99. The standard InChI is InChI=1S/C22H27N5O4S3/c1-6-7-27-19(13-8-14(11(2)3)32-9-13)25-26-22(27)33-10-15(28)24-20-16(21(30)31-5)12(4)17(34-20)18(23)29/h8-9,11H,6-7,10H2,1-5H3,(H2,23,29)(H,24,28). The van der Waals surface area contributed by atoms with E-state index in [4.69, 9.17) is 10.5 Å². The fourth-order valence-electron chi connectivity index (χ4n) is 3.28. The van der Waals surface area contributed by atoms with Crippen molar-refractivity contribution in [1.82, 2.24) is 14.8 Å². The van der Waals surface area contributed by atoms with Crippen molar-refractivity contribution in [3.8, 4) is 11.4 Å². The van der Waals surface area contributed by atoms with Gasteiger partial charge in [0.15, 0.2) is 11.0 Å². The summed E-state index contributed by atoms with van der Waals surface area (Å²) in [6, 6.07) is 2.14. The van der Waals surface area contributed by atoms with Crippen LogP contribution < -0.4 is 11.1 Å². The predicted octanol–water partition coefficient (Wildman–Crippen LogP) is 4.53. The highest BCUT2D eigenvalue weighted by Crippen LogP contribution is 2.34. The number of anilines is 1. The molecule has 0 spiro atoms. The van der Waals surface area contributed by atoms with Crippen molar-refractivity contribution in [3.05, 3.63) is 32.3 Å². The molecule has 0 atom stereocenters. The number of thioether (sulfide) groups is 1. The SMILES string of the molecule is CCCn1c(SCC(=O)Nc2sc(C(N)=O)c(C)c2C(=O)OC)nnc1-c1csc(C(C)C)c1. The van der Waals surface area contributed by atoms with Gasteiger partial charge in [0.25, 0.3) is 5.91 Å². The minimum absolute atomic E-state index is 0.0478. The summed E-state index contributed by atoms with van der Waals surface area (Å²) in [5, 5.41) is 14.4. The summed E-state index contributed by atoms with van der Waals surface area (Å²) in [4.78, 5) is 38.1. The smallest absolute Gasteiger partial charge is 0.341 e. The summed E-state index contributed by atoms with van der Waals surface area (Å²) < 4.78 is 6.82. The zero-order valence-corrected chi connectivity index (χ0v) is 22.1. The number of nitrogens with zero attached hydrogens (tertiary/aromatic N) is 3. The lowest BCUT2D eigenvalue weighted by atomic mass is 10.1. The molecule has 3 N–H and O–H groups in total. The van der Waals surface area contributed by atoms with Crippen LogP contribution in [0, 0.1) is 6.92 Å². The number of primary amides is 1. The van der Waals surface area contributed by atoms with Gasteiger partial charge in [-0.1, -0.05) is 32.5 Å². The van der Waals surface area contributed by atoms with Gasteiger partial charge in [0.05, 0.1) is 23.3 Å². The van der Waals surface area contributed by atoms with Crippen molar-refractivity contribution < 1.29 is 19.1 Å². The van der Waals surface area contributed by atoms with E-state index in [1.54, 1.807) is 18.3 Å². The summed E-state index contributed by atoms with van der Waals surface area (Å²) in [6.45, 7) is 8.69. The molecule has 3 aromatic heterocycles. The molecule has 0 aliphatic heterocycles. The van der Waals surface area contributed by atoms with Gasteiger partial charge in [-0.05, 0) is 30.9 Å². The number of amides is 2. The predicted molar refractivity (Wildman–Crippen MR) is 136 cm³/mol. The van der Waals surface area contributed by atoms with Crippen LogP contribution in [0.1, 0.15) is 63.6 Å². The van der Waals surface area contributed by atoms with Gasteiger partial charge < -0.3 is 20.4 Å². The molecule has 34 heavy (non-hydrogen) atoms. The fraction of sp³-hybridized carbons (Fsp3) is 0.409. The van der Waals surface area contributed by atoms with Crippen molar-refractivity contribution in [1.29, 1.82) is 0 Å². The minimum Gasteiger partial charge on any atom is -0.465 e. The third-order valence-corrected chi connectivity index (χ3v) is 8.38. The Morgan fingerprint density at radius 3 is 2.62 bits per heavy atom. The third kappa shape index (κ3) is 5.50. The molecule has 182 valence electrons. The summed E-state index contributed by atoms with van der Waals surface area (Å²) >= 11 is 3.91. The number of hydrogen-bond acceptors (Lipinski definition) is 9. The number of rotatable bonds is 10. The molecule has 0 radical (unpaired) electrons. The average Bonchev–Trinajstić information content (AvgIpc) is 3.50. The minimum atomic E-state index is -0.670. The maximum Gasteiger partial charge on any atom is 0.341 e. The molecule has 3 heterocycles. The first kappa shape index (κ1) is 25.9. The Morgan fingerprint density at radius 2 is 2.03 bits per heavy atom. The molecule has 2 amide bonds. The van der Waals surface area contributed by atoms with E-state index < -0.39 is 11.9 Å². The van der Waals surface area contributed by atoms with Crippen LogP contribution in [0.4, 0.5) is 5.00 Å². The lowest BCUT2D eigenvalue weighted by molar-refractivity contribution is -0.113. The van der Waals surface area contributed by atoms with Crippen molar-refractivity contribution >= 4 is 57.2 Å². The Balaban J connectivity index is 1.78. The molecule has 0 unspecified atom stereocenters. The molecule has 0 saturated carbocycles. The quantitative estimate of drug-likeness (QED) is 0.296. The van der Waals surface area contributed by atoms with E-state index in [1.165, 1.54) is 23.7 Å². The van der Waals surface area contributed by atoms with E-state index >= 15 is 0 Å². The number of methoxy groups -OCH3 is 1. The Labute approximate surface area is 210 Å². The third-order valence-electron chi connectivity index (χ3n) is 4.96. The largest absolute Gasteiger partial charge is 0.465 e. The van der Waals surface area contributed by atoms with Gasteiger partial charge in [0.1, 0.15) is 5.00 Å². The Hall–Kier alpha value is -2.70. The number of esters is 1. The van der Waals surface area contributed by atoms with Crippen molar-refractivity contribution in [2.45, 2.75) is 51.7 Å². The molecule has 9 nitrogen and oxygen atoms in total. The van der Waals surface area contributed by atoms with Crippen LogP contribution in [0.25, 0.3) is 11.4 Å². The molecule has 0 bridgehead atoms. The normalized spacial score (nSPS) is 11.1. The van der Waals surface area contributed by atoms with Crippen LogP contribution in [-0.2, 0) is 16.1 Å². The highest BCUT2D eigenvalue weighted by atomic mass is 32.2. The Kier molecular flexibility index (Phi) is 8.50. The second-order valence-electron chi connectivity index (χ2n) is 7.80. The van der Waals surface area contributed by atoms with Crippen LogP contribution >= 0.6 is 34.4 Å². The van der Waals surface area contributed by atoms with Crippen LogP contribution in [-0.4, -0.2) is 45.4 Å². The number of thiophene rings is 2. The molecule has 0 saturated heterocycles. The highest BCUT2D eigenvalue weighted by Gasteiger charge is 2.25. The number of nitrogens with one attached hydrogen (secondary N) is 1. The van der Waals surface area contributed by atoms with Crippen molar-refractivity contribution in [3.63, 3.8) is 0 Å². The van der Waals surface area contributed by atoms with E-state index in [2.05, 4.69) is 47.7 Å². The Bertz CT molecular complexity index is 1210. The van der Waals surface area contributed by atoms with Gasteiger partial charge >= 0.3 is 5.97 Å². The number of carbonyl (C=O) groups is 3.